The van der Waals surface area contributed by atoms with Gasteiger partial charge in [-0.05, 0) is 61.2 Å². The van der Waals surface area contributed by atoms with Crippen LogP contribution in [-0.2, 0) is 11.2 Å². The largest absolute Gasteiger partial charge is 0.419 e. The Balaban J connectivity index is 1.52. The van der Waals surface area contributed by atoms with Gasteiger partial charge in [-0.25, -0.2) is 4.39 Å². The van der Waals surface area contributed by atoms with Crippen molar-refractivity contribution < 1.29 is 22.7 Å². The average molecular weight is 455 g/mol. The molecule has 2 aromatic rings. The summed E-state index contributed by atoms with van der Waals surface area (Å²) in [4.78, 5) is 15.5. The molecule has 1 unspecified atom stereocenters. The smallest absolute Gasteiger partial charge is 0.312 e. The average Bonchev–Trinajstić information content (AvgIpc) is 2.81. The van der Waals surface area contributed by atoms with Gasteiger partial charge in [-0.1, -0.05) is 30.7 Å². The van der Waals surface area contributed by atoms with E-state index in [1.54, 1.807) is 18.2 Å². The van der Waals surface area contributed by atoms with Crippen LogP contribution in [0.1, 0.15) is 52.4 Å². The Kier molecular flexibility index (Phi) is 6.74. The van der Waals surface area contributed by atoms with Crippen LogP contribution in [0.15, 0.2) is 54.1 Å². The highest BCUT2D eigenvalue weighted by Crippen LogP contribution is 2.33. The van der Waals surface area contributed by atoms with Crippen molar-refractivity contribution in [2.45, 2.75) is 38.2 Å². The van der Waals surface area contributed by atoms with E-state index in [-0.39, 0.29) is 23.2 Å². The Hall–Kier alpha value is -3.26. The third-order valence-corrected chi connectivity index (χ3v) is 6.13. The van der Waals surface area contributed by atoms with Crippen molar-refractivity contribution >= 4 is 17.6 Å². The first-order chi connectivity index (χ1) is 15.8. The molecule has 1 aliphatic carbocycles. The second-order valence-corrected chi connectivity index (χ2v) is 8.26. The van der Waals surface area contributed by atoms with Gasteiger partial charge in [-0.2, -0.15) is 8.78 Å². The van der Waals surface area contributed by atoms with E-state index in [0.29, 0.717) is 24.1 Å². The van der Waals surface area contributed by atoms with Gasteiger partial charge in [-0.3, -0.25) is 20.5 Å². The number of rotatable bonds is 5. The molecule has 1 aliphatic heterocycles. The van der Waals surface area contributed by atoms with E-state index in [2.05, 4.69) is 9.64 Å². The number of benzene rings is 2. The zero-order valence-corrected chi connectivity index (χ0v) is 17.9. The molecule has 0 aromatic heterocycles. The molecule has 0 bridgehead atoms. The second kappa shape index (κ2) is 9.70. The summed E-state index contributed by atoms with van der Waals surface area (Å²) in [6, 6.07) is 11.3. The number of allylic oxidation sites excluding steroid dienone is 1. The van der Waals surface area contributed by atoms with Crippen molar-refractivity contribution in [3.63, 3.8) is 0 Å². The van der Waals surface area contributed by atoms with E-state index in [1.807, 2.05) is 6.08 Å². The van der Waals surface area contributed by atoms with E-state index in [1.165, 1.54) is 24.3 Å². The highest BCUT2D eigenvalue weighted by Gasteiger charge is 2.29. The van der Waals surface area contributed by atoms with Crippen molar-refractivity contribution in [1.29, 1.82) is 10.8 Å². The van der Waals surface area contributed by atoms with Crippen LogP contribution < -0.4 is 0 Å². The fourth-order valence-corrected chi connectivity index (χ4v) is 4.42. The highest BCUT2D eigenvalue weighted by atomic mass is 19.3. The van der Waals surface area contributed by atoms with Gasteiger partial charge in [0.1, 0.15) is 5.82 Å². The molecule has 0 radical (unpaired) electrons. The maximum Gasteiger partial charge on any atom is 0.312 e. The van der Waals surface area contributed by atoms with Crippen molar-refractivity contribution in [3.05, 3.63) is 82.2 Å². The van der Waals surface area contributed by atoms with E-state index in [0.717, 1.165) is 36.9 Å². The Morgan fingerprint density at radius 1 is 1.12 bits per heavy atom. The van der Waals surface area contributed by atoms with Crippen molar-refractivity contribution in [3.8, 4) is 0 Å². The predicted molar refractivity (Wildman–Crippen MR) is 119 cm³/mol. The molecule has 2 N–H and O–H groups in total. The Morgan fingerprint density at radius 2 is 1.88 bits per heavy atom. The van der Waals surface area contributed by atoms with E-state index in [9.17, 15) is 18.0 Å². The molecule has 0 saturated carbocycles. The number of alkyl halides is 2. The number of hydrogen-bond donors (Lipinski definition) is 2. The normalized spacial score (nSPS) is 18.6. The molecular formula is C25H24F3N3O2. The maximum absolute atomic E-state index is 13.4. The quantitative estimate of drug-likeness (QED) is 0.474. The SMILES string of the molecule is N=C(OC(=N)C(F)F)c1ccc2c(c1)C(=O)C(CN1CCCCC1c1ccc(F)cc1)=CC2. The summed E-state index contributed by atoms with van der Waals surface area (Å²) in [6.45, 7) is 1.28. The van der Waals surface area contributed by atoms with Gasteiger partial charge in [0, 0.05) is 29.3 Å². The molecular weight excluding hydrogens is 431 g/mol. The van der Waals surface area contributed by atoms with Crippen LogP contribution >= 0.6 is 0 Å². The van der Waals surface area contributed by atoms with E-state index < -0.39 is 18.2 Å². The first-order valence-corrected chi connectivity index (χ1v) is 10.8. The van der Waals surface area contributed by atoms with Crippen LogP contribution in [0.2, 0.25) is 0 Å². The number of nitrogens with one attached hydrogen (secondary N) is 2. The van der Waals surface area contributed by atoms with Crippen molar-refractivity contribution in [1.82, 2.24) is 4.90 Å². The maximum atomic E-state index is 13.4. The summed E-state index contributed by atoms with van der Waals surface area (Å²) in [5, 5.41) is 15.0. The van der Waals surface area contributed by atoms with E-state index in [4.69, 9.17) is 10.8 Å². The fourth-order valence-electron chi connectivity index (χ4n) is 4.42. The van der Waals surface area contributed by atoms with Gasteiger partial charge in [0.05, 0.1) is 0 Å². The number of halogens is 3. The third kappa shape index (κ3) is 5.06. The Bertz CT molecular complexity index is 1110. The van der Waals surface area contributed by atoms with Gasteiger partial charge in [0.25, 0.3) is 5.90 Å². The summed E-state index contributed by atoms with van der Waals surface area (Å²) in [7, 11) is 0. The summed E-state index contributed by atoms with van der Waals surface area (Å²) in [5.74, 6) is -2.35. The molecule has 1 atom stereocenters. The standard InChI is InChI=1S/C25H24F3N3O2/c26-19-10-8-16(9-11-19)21-3-1-2-12-31(21)14-18-7-5-15-4-6-17(13-20(15)22(18)32)24(29)33-25(30)23(27)28/h4,6-11,13,21,23,29-30H,1-3,5,12,14H2. The van der Waals surface area contributed by atoms with Gasteiger partial charge in [0.15, 0.2) is 5.78 Å². The number of carbonyl (C=O) groups is 1. The molecule has 5 nitrogen and oxygen atoms in total. The molecule has 33 heavy (non-hydrogen) atoms. The first kappa shape index (κ1) is 22.9. The van der Waals surface area contributed by atoms with Gasteiger partial charge in [-0.15, -0.1) is 0 Å². The number of piperidine rings is 1. The number of ether oxygens (including phenoxy) is 1. The van der Waals surface area contributed by atoms with Gasteiger partial charge in [0.2, 0.25) is 5.90 Å². The zero-order valence-electron chi connectivity index (χ0n) is 17.9. The molecule has 1 heterocycles. The highest BCUT2D eigenvalue weighted by molar-refractivity contribution is 6.12. The number of likely N-dealkylation sites (tertiary alicyclic amines) is 1. The minimum absolute atomic E-state index is 0.0997. The van der Waals surface area contributed by atoms with Gasteiger partial charge < -0.3 is 4.74 Å². The first-order valence-electron chi connectivity index (χ1n) is 10.8. The van der Waals surface area contributed by atoms with Gasteiger partial charge >= 0.3 is 6.43 Å². The lowest BCUT2D eigenvalue weighted by Gasteiger charge is -2.37. The van der Waals surface area contributed by atoms with Crippen LogP contribution in [0, 0.1) is 16.6 Å². The molecule has 8 heteroatoms. The number of nitrogens with zero attached hydrogens (tertiary/aromatic N) is 1. The van der Waals surface area contributed by atoms with Crippen molar-refractivity contribution in [2.75, 3.05) is 13.1 Å². The van der Waals surface area contributed by atoms with Crippen LogP contribution in [-0.4, -0.2) is 42.0 Å². The molecule has 172 valence electrons. The lowest BCUT2D eigenvalue weighted by Crippen LogP contribution is -2.36. The van der Waals surface area contributed by atoms with Crippen LogP contribution in [0.4, 0.5) is 13.2 Å². The topological polar surface area (TPSA) is 77.2 Å². The molecule has 0 spiro atoms. The number of Topliss-reactive ketones (excluding diaryl/α,β-unsaturated/α-hetero) is 1. The molecule has 4 rings (SSSR count). The summed E-state index contributed by atoms with van der Waals surface area (Å²) in [6.07, 6.45) is 2.36. The minimum Gasteiger partial charge on any atom is -0.419 e. The lowest BCUT2D eigenvalue weighted by atomic mass is 9.87. The van der Waals surface area contributed by atoms with E-state index >= 15 is 0 Å². The minimum atomic E-state index is -3.11. The van der Waals surface area contributed by atoms with Crippen molar-refractivity contribution in [2.24, 2.45) is 0 Å². The summed E-state index contributed by atoms with van der Waals surface area (Å²) < 4.78 is 43.1. The van der Waals surface area contributed by atoms with Crippen LogP contribution in [0.5, 0.6) is 0 Å². The summed E-state index contributed by atoms with van der Waals surface area (Å²) in [5.41, 5.74) is 3.03. The molecule has 1 fully saturated rings. The summed E-state index contributed by atoms with van der Waals surface area (Å²) >= 11 is 0. The monoisotopic (exact) mass is 455 g/mol. The lowest BCUT2D eigenvalue weighted by molar-refractivity contribution is 0.0997. The molecule has 2 aromatic carbocycles. The van der Waals surface area contributed by atoms with Crippen LogP contribution in [0.3, 0.4) is 0 Å². The number of ketones is 1. The Morgan fingerprint density at radius 3 is 2.61 bits per heavy atom. The van der Waals surface area contributed by atoms with Crippen LogP contribution in [0.25, 0.3) is 0 Å². The molecule has 0 amide bonds. The number of fused-ring (bicyclic) bond motifs is 1. The Labute approximate surface area is 189 Å². The predicted octanol–water partition coefficient (Wildman–Crippen LogP) is 5.30. The number of carbonyl (C=O) groups excluding carboxylic acids is 1. The number of hydrogen-bond acceptors (Lipinski definition) is 5. The zero-order chi connectivity index (χ0) is 23.5. The molecule has 2 aliphatic rings. The fraction of sp³-hybridized carbons (Fsp3) is 0.320. The molecule has 1 saturated heterocycles. The second-order valence-electron chi connectivity index (χ2n) is 8.26. The third-order valence-electron chi connectivity index (χ3n) is 6.13.